The first kappa shape index (κ1) is 18.3. The third-order valence-corrected chi connectivity index (χ3v) is 3.71. The largest absolute Gasteiger partial charge is 0.493 e. The second-order valence-electron chi connectivity index (χ2n) is 5.35. The fourth-order valence-electron chi connectivity index (χ4n) is 2.30. The lowest BCUT2D eigenvalue weighted by atomic mass is 10.2. The molecule has 0 aliphatic heterocycles. The molecule has 0 heterocycles. The van der Waals surface area contributed by atoms with Gasteiger partial charge in [0.25, 0.3) is 5.91 Å². The van der Waals surface area contributed by atoms with Crippen molar-refractivity contribution in [3.8, 4) is 11.5 Å². The Bertz CT molecular complexity index is 745. The number of likely N-dealkylation sites (N-methyl/N-ethyl adjacent to an activating group) is 1. The van der Waals surface area contributed by atoms with Gasteiger partial charge in [0.15, 0.2) is 17.6 Å². The molecule has 132 valence electrons. The van der Waals surface area contributed by atoms with Crippen molar-refractivity contribution >= 4 is 17.6 Å². The van der Waals surface area contributed by atoms with Crippen LogP contribution in [0.15, 0.2) is 48.5 Å². The first-order valence-electron chi connectivity index (χ1n) is 7.73. The van der Waals surface area contributed by atoms with Crippen LogP contribution in [0.1, 0.15) is 17.3 Å². The lowest BCUT2D eigenvalue weighted by Gasteiger charge is -2.23. The summed E-state index contributed by atoms with van der Waals surface area (Å²) in [7, 11) is 4.46. The highest BCUT2D eigenvalue weighted by Gasteiger charge is 2.22. The van der Waals surface area contributed by atoms with Gasteiger partial charge in [-0.15, -0.1) is 0 Å². The van der Waals surface area contributed by atoms with Gasteiger partial charge in [-0.1, -0.05) is 18.2 Å². The summed E-state index contributed by atoms with van der Waals surface area (Å²) in [6, 6.07) is 13.9. The van der Waals surface area contributed by atoms with Crippen LogP contribution in [0.4, 0.5) is 5.69 Å². The summed E-state index contributed by atoms with van der Waals surface area (Å²) >= 11 is 0. The van der Waals surface area contributed by atoms with E-state index in [0.717, 1.165) is 5.69 Å². The predicted octanol–water partition coefficient (Wildman–Crippen LogP) is 2.91. The Morgan fingerprint density at radius 1 is 1.00 bits per heavy atom. The van der Waals surface area contributed by atoms with E-state index in [1.807, 2.05) is 30.3 Å². The van der Waals surface area contributed by atoms with E-state index in [9.17, 15) is 9.59 Å². The molecule has 1 atom stereocenters. The summed E-state index contributed by atoms with van der Waals surface area (Å²) < 4.78 is 15.7. The van der Waals surface area contributed by atoms with Gasteiger partial charge in [-0.25, -0.2) is 4.79 Å². The van der Waals surface area contributed by atoms with Crippen molar-refractivity contribution in [2.75, 3.05) is 26.2 Å². The Kier molecular flexibility index (Phi) is 6.00. The zero-order valence-electron chi connectivity index (χ0n) is 14.7. The van der Waals surface area contributed by atoms with E-state index in [4.69, 9.17) is 9.47 Å². The van der Waals surface area contributed by atoms with Crippen molar-refractivity contribution in [2.24, 2.45) is 0 Å². The number of benzene rings is 2. The number of anilines is 1. The molecular formula is C19H21NO5. The van der Waals surface area contributed by atoms with Gasteiger partial charge in [-0.05, 0) is 37.3 Å². The molecular weight excluding hydrogens is 322 g/mol. The smallest absolute Gasteiger partial charge is 0.337 e. The van der Waals surface area contributed by atoms with Crippen molar-refractivity contribution in [1.29, 1.82) is 0 Å². The van der Waals surface area contributed by atoms with E-state index in [1.165, 1.54) is 25.2 Å². The molecule has 0 saturated carbocycles. The monoisotopic (exact) mass is 343 g/mol. The number of carbonyl (C=O) groups is 2. The normalized spacial score (nSPS) is 11.4. The molecule has 0 radical (unpaired) electrons. The topological polar surface area (TPSA) is 65.1 Å². The van der Waals surface area contributed by atoms with Gasteiger partial charge in [-0.2, -0.15) is 0 Å². The van der Waals surface area contributed by atoms with Crippen molar-refractivity contribution in [3.63, 3.8) is 0 Å². The van der Waals surface area contributed by atoms with Crippen molar-refractivity contribution in [1.82, 2.24) is 0 Å². The minimum atomic E-state index is -0.733. The Balaban J connectivity index is 2.15. The lowest BCUT2D eigenvalue weighted by Crippen LogP contribution is -2.38. The van der Waals surface area contributed by atoms with E-state index >= 15 is 0 Å². The van der Waals surface area contributed by atoms with Crippen molar-refractivity contribution in [2.45, 2.75) is 13.0 Å². The van der Waals surface area contributed by atoms with Gasteiger partial charge in [0.05, 0.1) is 19.8 Å². The number of hydrogen-bond acceptors (Lipinski definition) is 5. The molecule has 0 unspecified atom stereocenters. The number of hydrogen-bond donors (Lipinski definition) is 0. The second kappa shape index (κ2) is 8.19. The van der Waals surface area contributed by atoms with Gasteiger partial charge in [0.2, 0.25) is 0 Å². The van der Waals surface area contributed by atoms with E-state index in [1.54, 1.807) is 26.1 Å². The van der Waals surface area contributed by atoms with E-state index < -0.39 is 12.1 Å². The molecule has 0 aromatic heterocycles. The molecule has 0 saturated heterocycles. The molecule has 0 aliphatic carbocycles. The van der Waals surface area contributed by atoms with Crippen LogP contribution in [-0.2, 0) is 9.53 Å². The standard InChI is InChI=1S/C19H21NO5/c1-13(18(21)20(2)15-8-6-5-7-9-15)25-16-11-10-14(19(22)24-4)12-17(16)23-3/h5-13H,1-4H3/t13-/m1/s1. The summed E-state index contributed by atoms with van der Waals surface area (Å²) in [4.78, 5) is 25.7. The van der Waals surface area contributed by atoms with Gasteiger partial charge in [0.1, 0.15) is 0 Å². The Hall–Kier alpha value is -3.02. The fraction of sp³-hybridized carbons (Fsp3) is 0.263. The zero-order chi connectivity index (χ0) is 18.4. The Morgan fingerprint density at radius 3 is 2.28 bits per heavy atom. The highest BCUT2D eigenvalue weighted by atomic mass is 16.5. The number of rotatable bonds is 6. The maximum absolute atomic E-state index is 12.6. The molecule has 2 rings (SSSR count). The number of ether oxygens (including phenoxy) is 3. The SMILES string of the molecule is COC(=O)c1ccc(O[C@H](C)C(=O)N(C)c2ccccc2)c(OC)c1. The zero-order valence-corrected chi connectivity index (χ0v) is 14.7. The van der Waals surface area contributed by atoms with Gasteiger partial charge in [0, 0.05) is 12.7 Å². The number of esters is 1. The van der Waals surface area contributed by atoms with Crippen LogP contribution in [0.25, 0.3) is 0 Å². The molecule has 0 bridgehead atoms. The molecule has 6 nitrogen and oxygen atoms in total. The summed E-state index contributed by atoms with van der Waals surface area (Å²) in [6.07, 6.45) is -0.733. The highest BCUT2D eigenvalue weighted by molar-refractivity contribution is 5.96. The molecule has 0 aliphatic rings. The van der Waals surface area contributed by atoms with Gasteiger partial charge < -0.3 is 19.1 Å². The molecule has 0 N–H and O–H groups in total. The number of para-hydroxylation sites is 1. The molecule has 25 heavy (non-hydrogen) atoms. The third kappa shape index (κ3) is 4.29. The average molecular weight is 343 g/mol. The highest BCUT2D eigenvalue weighted by Crippen LogP contribution is 2.29. The van der Waals surface area contributed by atoms with Crippen LogP contribution in [0.5, 0.6) is 11.5 Å². The van der Waals surface area contributed by atoms with Crippen LogP contribution in [0, 0.1) is 0 Å². The van der Waals surface area contributed by atoms with E-state index in [-0.39, 0.29) is 5.91 Å². The molecule has 2 aromatic carbocycles. The van der Waals surface area contributed by atoms with Crippen LogP contribution in [0.2, 0.25) is 0 Å². The van der Waals surface area contributed by atoms with Gasteiger partial charge >= 0.3 is 5.97 Å². The van der Waals surface area contributed by atoms with Gasteiger partial charge in [-0.3, -0.25) is 4.79 Å². The minimum Gasteiger partial charge on any atom is -0.493 e. The molecule has 0 spiro atoms. The summed E-state index contributed by atoms with van der Waals surface area (Å²) in [6.45, 7) is 1.66. The Labute approximate surface area is 146 Å². The fourth-order valence-corrected chi connectivity index (χ4v) is 2.30. The number of carbonyl (C=O) groups excluding carboxylic acids is 2. The summed E-state index contributed by atoms with van der Waals surface area (Å²) in [5, 5.41) is 0. The maximum atomic E-state index is 12.6. The first-order valence-corrected chi connectivity index (χ1v) is 7.73. The quantitative estimate of drug-likeness (QED) is 0.755. The minimum absolute atomic E-state index is 0.203. The molecule has 2 aromatic rings. The second-order valence-corrected chi connectivity index (χ2v) is 5.35. The predicted molar refractivity (Wildman–Crippen MR) is 94.3 cm³/mol. The Morgan fingerprint density at radius 2 is 1.68 bits per heavy atom. The van der Waals surface area contributed by atoms with Crippen LogP contribution >= 0.6 is 0 Å². The first-order chi connectivity index (χ1) is 12.0. The van der Waals surface area contributed by atoms with Crippen LogP contribution in [-0.4, -0.2) is 39.2 Å². The average Bonchev–Trinajstić information content (AvgIpc) is 2.66. The van der Waals surface area contributed by atoms with E-state index in [2.05, 4.69) is 4.74 Å². The summed E-state index contributed by atoms with van der Waals surface area (Å²) in [5.74, 6) is 0.0467. The van der Waals surface area contributed by atoms with Crippen molar-refractivity contribution < 1.29 is 23.8 Å². The number of nitrogens with zero attached hydrogens (tertiary/aromatic N) is 1. The molecule has 0 fully saturated rings. The molecule has 1 amide bonds. The number of methoxy groups -OCH3 is 2. The van der Waals surface area contributed by atoms with Crippen molar-refractivity contribution in [3.05, 3.63) is 54.1 Å². The maximum Gasteiger partial charge on any atom is 0.337 e. The third-order valence-electron chi connectivity index (χ3n) is 3.71. The summed E-state index contributed by atoms with van der Waals surface area (Å²) in [5.41, 5.74) is 1.11. The van der Waals surface area contributed by atoms with Crippen LogP contribution < -0.4 is 14.4 Å². The van der Waals surface area contributed by atoms with Crippen LogP contribution in [0.3, 0.4) is 0 Å². The number of amides is 1. The lowest BCUT2D eigenvalue weighted by molar-refractivity contribution is -0.124. The molecule has 6 heteroatoms. The van der Waals surface area contributed by atoms with E-state index in [0.29, 0.717) is 17.1 Å².